The third-order valence-corrected chi connectivity index (χ3v) is 4.77. The van der Waals surface area contributed by atoms with E-state index in [1.807, 2.05) is 4.57 Å². The van der Waals surface area contributed by atoms with Gasteiger partial charge in [-0.15, -0.1) is 10.2 Å². The molecule has 1 aromatic carbocycles. The van der Waals surface area contributed by atoms with Crippen LogP contribution in [-0.4, -0.2) is 24.5 Å². The molecule has 4 rings (SSSR count). The minimum Gasteiger partial charge on any atom is -0.474 e. The van der Waals surface area contributed by atoms with Gasteiger partial charge in [-0.25, -0.2) is 13.2 Å². The van der Waals surface area contributed by atoms with E-state index in [0.717, 1.165) is 12.8 Å². The van der Waals surface area contributed by atoms with Crippen molar-refractivity contribution < 1.29 is 17.9 Å². The minimum absolute atomic E-state index is 0.127. The Morgan fingerprint density at radius 3 is 2.32 bits per heavy atom. The first-order valence-electron chi connectivity index (χ1n) is 8.66. The van der Waals surface area contributed by atoms with Crippen molar-refractivity contribution in [1.29, 1.82) is 0 Å². The van der Waals surface area contributed by atoms with Crippen LogP contribution >= 0.6 is 11.6 Å². The molecule has 0 aliphatic heterocycles. The number of ether oxygens (including phenoxy) is 1. The molecule has 0 amide bonds. The van der Waals surface area contributed by atoms with Gasteiger partial charge in [0.1, 0.15) is 5.82 Å². The molecule has 3 aromatic rings. The number of aryl methyl sites for hydroxylation is 1. The molecule has 0 atom stereocenters. The van der Waals surface area contributed by atoms with Gasteiger partial charge in [0.2, 0.25) is 0 Å². The number of benzene rings is 1. The van der Waals surface area contributed by atoms with Gasteiger partial charge in [0, 0.05) is 31.4 Å². The SMILES string of the molecule is Cn1cc(-c2nnc(C(C)(C)Oc3c(F)cc(F)cc3F)n2C2CC2)c(Cl)n1. The number of hydrogen-bond donors (Lipinski definition) is 0. The van der Waals surface area contributed by atoms with Crippen molar-refractivity contribution in [3.8, 4) is 17.1 Å². The molecular formula is C18H17ClF3N5O. The topological polar surface area (TPSA) is 57.8 Å². The summed E-state index contributed by atoms with van der Waals surface area (Å²) >= 11 is 6.21. The molecule has 0 radical (unpaired) electrons. The quantitative estimate of drug-likeness (QED) is 0.624. The smallest absolute Gasteiger partial charge is 0.192 e. The zero-order chi connectivity index (χ0) is 20.2. The zero-order valence-corrected chi connectivity index (χ0v) is 16.1. The number of rotatable bonds is 5. The predicted molar refractivity (Wildman–Crippen MR) is 95.5 cm³/mol. The van der Waals surface area contributed by atoms with E-state index in [9.17, 15) is 13.2 Å². The number of halogens is 4. The third-order valence-electron chi connectivity index (χ3n) is 4.49. The summed E-state index contributed by atoms with van der Waals surface area (Å²) in [4.78, 5) is 0. The van der Waals surface area contributed by atoms with E-state index in [0.29, 0.717) is 29.3 Å². The van der Waals surface area contributed by atoms with Crippen LogP contribution in [-0.2, 0) is 12.6 Å². The molecule has 6 nitrogen and oxygen atoms in total. The van der Waals surface area contributed by atoms with Crippen LogP contribution in [0.4, 0.5) is 13.2 Å². The van der Waals surface area contributed by atoms with Crippen LogP contribution in [0.25, 0.3) is 11.4 Å². The molecule has 1 fully saturated rings. The standard InChI is InChI=1S/C18H17ClF3N5O/c1-18(2,28-14-12(21)6-9(20)7-13(14)22)17-24-23-16(27(17)10-4-5-10)11-8-26(3)25-15(11)19/h6-8,10H,4-5H2,1-3H3. The number of hydrogen-bond acceptors (Lipinski definition) is 4. The highest BCUT2D eigenvalue weighted by molar-refractivity contribution is 6.31. The average molecular weight is 412 g/mol. The molecule has 2 heterocycles. The predicted octanol–water partition coefficient (Wildman–Crippen LogP) is 4.40. The second-order valence-corrected chi connectivity index (χ2v) is 7.62. The fraction of sp³-hybridized carbons (Fsp3) is 0.389. The highest BCUT2D eigenvalue weighted by Crippen LogP contribution is 2.43. The van der Waals surface area contributed by atoms with Crippen molar-refractivity contribution in [2.45, 2.75) is 38.3 Å². The van der Waals surface area contributed by atoms with E-state index in [4.69, 9.17) is 16.3 Å². The second-order valence-electron chi connectivity index (χ2n) is 7.27. The molecule has 10 heteroatoms. The Hall–Kier alpha value is -2.55. The van der Waals surface area contributed by atoms with E-state index >= 15 is 0 Å². The fourth-order valence-electron chi connectivity index (χ4n) is 3.10. The van der Waals surface area contributed by atoms with Crippen molar-refractivity contribution >= 4 is 11.6 Å². The summed E-state index contributed by atoms with van der Waals surface area (Å²) in [5, 5.41) is 12.8. The third kappa shape index (κ3) is 3.23. The lowest BCUT2D eigenvalue weighted by molar-refractivity contribution is 0.0822. The Morgan fingerprint density at radius 1 is 1.14 bits per heavy atom. The summed E-state index contributed by atoms with van der Waals surface area (Å²) in [5.41, 5.74) is -0.646. The number of nitrogens with zero attached hydrogens (tertiary/aromatic N) is 5. The zero-order valence-electron chi connectivity index (χ0n) is 15.4. The summed E-state index contributed by atoms with van der Waals surface area (Å²) in [7, 11) is 1.74. The largest absolute Gasteiger partial charge is 0.474 e. The summed E-state index contributed by atoms with van der Waals surface area (Å²) in [6, 6.07) is 1.27. The summed E-state index contributed by atoms with van der Waals surface area (Å²) in [6.45, 7) is 3.24. The summed E-state index contributed by atoms with van der Waals surface area (Å²) < 4.78 is 50.4. The molecule has 0 saturated heterocycles. The van der Waals surface area contributed by atoms with Gasteiger partial charge in [-0.3, -0.25) is 4.68 Å². The first-order chi connectivity index (χ1) is 13.2. The van der Waals surface area contributed by atoms with Crippen molar-refractivity contribution in [3.63, 3.8) is 0 Å². The van der Waals surface area contributed by atoms with Gasteiger partial charge in [0.15, 0.2) is 39.8 Å². The molecule has 2 aromatic heterocycles. The number of aromatic nitrogens is 5. The monoisotopic (exact) mass is 411 g/mol. The van der Waals surface area contributed by atoms with Crippen LogP contribution in [0, 0.1) is 17.5 Å². The Kier molecular flexibility index (Phi) is 4.37. The molecule has 0 bridgehead atoms. The molecule has 0 spiro atoms. The normalized spacial score (nSPS) is 14.5. The van der Waals surface area contributed by atoms with Gasteiger partial charge in [-0.1, -0.05) is 11.6 Å². The maximum atomic E-state index is 14.1. The van der Waals surface area contributed by atoms with Gasteiger partial charge in [-0.05, 0) is 26.7 Å². The van der Waals surface area contributed by atoms with Crippen LogP contribution in [0.2, 0.25) is 5.15 Å². The molecule has 148 valence electrons. The van der Waals surface area contributed by atoms with E-state index in [2.05, 4.69) is 15.3 Å². The lowest BCUT2D eigenvalue weighted by Gasteiger charge is -2.27. The molecule has 0 unspecified atom stereocenters. The Labute approximate surface area is 163 Å². The molecule has 1 saturated carbocycles. The second kappa shape index (κ2) is 6.51. The van der Waals surface area contributed by atoms with Crippen LogP contribution in [0.15, 0.2) is 18.3 Å². The van der Waals surface area contributed by atoms with Crippen LogP contribution in [0.3, 0.4) is 0 Å². The van der Waals surface area contributed by atoms with E-state index in [1.165, 1.54) is 0 Å². The molecule has 0 N–H and O–H groups in total. The van der Waals surface area contributed by atoms with E-state index < -0.39 is 28.8 Å². The lowest BCUT2D eigenvalue weighted by Crippen LogP contribution is -2.30. The first kappa shape index (κ1) is 18.8. The van der Waals surface area contributed by atoms with E-state index in [1.54, 1.807) is 31.8 Å². The van der Waals surface area contributed by atoms with Gasteiger partial charge in [-0.2, -0.15) is 5.10 Å². The van der Waals surface area contributed by atoms with Gasteiger partial charge >= 0.3 is 0 Å². The summed E-state index contributed by atoms with van der Waals surface area (Å²) in [6.07, 6.45) is 3.54. The van der Waals surface area contributed by atoms with Crippen molar-refractivity contribution in [2.24, 2.45) is 7.05 Å². The van der Waals surface area contributed by atoms with Crippen molar-refractivity contribution in [1.82, 2.24) is 24.5 Å². The van der Waals surface area contributed by atoms with Gasteiger partial charge in [0.05, 0.1) is 5.56 Å². The molecule has 28 heavy (non-hydrogen) atoms. The molecular weight excluding hydrogens is 395 g/mol. The van der Waals surface area contributed by atoms with Crippen LogP contribution in [0.5, 0.6) is 5.75 Å². The first-order valence-corrected chi connectivity index (χ1v) is 9.03. The van der Waals surface area contributed by atoms with Gasteiger partial charge in [0.25, 0.3) is 0 Å². The maximum absolute atomic E-state index is 14.1. The lowest BCUT2D eigenvalue weighted by atomic mass is 10.1. The van der Waals surface area contributed by atoms with Crippen LogP contribution < -0.4 is 4.74 Å². The highest BCUT2D eigenvalue weighted by atomic mass is 35.5. The molecule has 1 aliphatic rings. The fourth-order valence-corrected chi connectivity index (χ4v) is 3.36. The Bertz CT molecular complexity index is 1030. The Balaban J connectivity index is 1.78. The average Bonchev–Trinajstić information content (AvgIpc) is 3.24. The van der Waals surface area contributed by atoms with E-state index in [-0.39, 0.29) is 11.2 Å². The summed E-state index contributed by atoms with van der Waals surface area (Å²) in [5.74, 6) is -3.05. The van der Waals surface area contributed by atoms with Crippen molar-refractivity contribution in [3.05, 3.63) is 46.8 Å². The van der Waals surface area contributed by atoms with Gasteiger partial charge < -0.3 is 9.30 Å². The highest BCUT2D eigenvalue weighted by Gasteiger charge is 2.39. The van der Waals surface area contributed by atoms with Crippen LogP contribution in [0.1, 0.15) is 38.6 Å². The van der Waals surface area contributed by atoms with Crippen molar-refractivity contribution in [2.75, 3.05) is 0 Å². The Morgan fingerprint density at radius 2 is 1.79 bits per heavy atom. The minimum atomic E-state index is -1.25. The maximum Gasteiger partial charge on any atom is 0.192 e. The molecule has 1 aliphatic carbocycles.